The van der Waals surface area contributed by atoms with E-state index in [9.17, 15) is 4.79 Å². The molecule has 0 bridgehead atoms. The van der Waals surface area contributed by atoms with Crippen LogP contribution in [0.5, 0.6) is 0 Å². The zero-order valence-corrected chi connectivity index (χ0v) is 19.3. The Hall–Kier alpha value is -3.96. The van der Waals surface area contributed by atoms with Gasteiger partial charge in [0, 0.05) is 36.1 Å². The lowest BCUT2D eigenvalue weighted by atomic mass is 10.2. The zero-order valence-electron chi connectivity index (χ0n) is 18.4. The lowest BCUT2D eigenvalue weighted by molar-refractivity contribution is 0.0944. The second-order valence-corrected chi connectivity index (χ2v) is 8.72. The van der Waals surface area contributed by atoms with Crippen molar-refractivity contribution >= 4 is 40.5 Å². The van der Waals surface area contributed by atoms with Crippen molar-refractivity contribution in [2.24, 2.45) is 0 Å². The summed E-state index contributed by atoms with van der Waals surface area (Å²) in [5, 5.41) is 14.5. The summed E-state index contributed by atoms with van der Waals surface area (Å²) in [6.45, 7) is 3.67. The monoisotopic (exact) mass is 473 g/mol. The third-order valence-corrected chi connectivity index (χ3v) is 6.09. The molecule has 1 amide bonds. The molecule has 0 radical (unpaired) electrons. The Bertz CT molecular complexity index is 1300. The van der Waals surface area contributed by atoms with Gasteiger partial charge in [0.05, 0.1) is 10.6 Å². The summed E-state index contributed by atoms with van der Waals surface area (Å²) in [6.07, 6.45) is 4.27. The molecule has 34 heavy (non-hydrogen) atoms. The fourth-order valence-corrected chi connectivity index (χ4v) is 4.27. The van der Waals surface area contributed by atoms with Crippen LogP contribution in [0, 0.1) is 6.92 Å². The number of thiophene rings is 1. The van der Waals surface area contributed by atoms with Crippen LogP contribution >= 0.6 is 11.3 Å². The van der Waals surface area contributed by atoms with E-state index in [1.807, 2.05) is 30.5 Å². The highest BCUT2D eigenvalue weighted by atomic mass is 32.1. The minimum atomic E-state index is -0.0641. The van der Waals surface area contributed by atoms with Crippen molar-refractivity contribution in [2.75, 3.05) is 23.7 Å². The normalized spacial score (nSPS) is 15.1. The number of pyridine rings is 1. The molecule has 0 saturated carbocycles. The minimum Gasteiger partial charge on any atom is -0.347 e. The van der Waals surface area contributed by atoms with E-state index in [0.29, 0.717) is 34.0 Å². The predicted molar refractivity (Wildman–Crippen MR) is 132 cm³/mol. The van der Waals surface area contributed by atoms with E-state index in [0.717, 1.165) is 30.9 Å². The van der Waals surface area contributed by atoms with Crippen molar-refractivity contribution in [3.8, 4) is 11.5 Å². The van der Waals surface area contributed by atoms with Crippen LogP contribution in [-0.2, 0) is 0 Å². The highest BCUT2D eigenvalue weighted by molar-refractivity contribution is 7.12. The van der Waals surface area contributed by atoms with E-state index in [1.165, 1.54) is 11.3 Å². The number of carbonyl (C=O) groups excluding carboxylic acids is 1. The largest absolute Gasteiger partial charge is 0.347 e. The molecule has 1 aliphatic heterocycles. The molecule has 0 aliphatic carbocycles. The topological polar surface area (TPSA) is 130 Å². The number of aromatic nitrogens is 5. The highest BCUT2D eigenvalue weighted by Crippen LogP contribution is 2.23. The first-order valence-corrected chi connectivity index (χ1v) is 11.7. The minimum absolute atomic E-state index is 0.0641. The number of amides is 1. The van der Waals surface area contributed by atoms with Crippen LogP contribution in [0.4, 0.5) is 23.3 Å². The van der Waals surface area contributed by atoms with Crippen molar-refractivity contribution in [3.63, 3.8) is 0 Å². The standard InChI is InChI=1S/C23H23N9OS/c1-14-3-2-4-17(27-14)21-25-9-6-19(31-21)30-20-7-10-26-23(32-20)29-16-11-18(34-13-16)22(33)28-15-5-8-24-12-15/h2-4,6-7,9-11,13,15,24H,5,8,12H2,1H3,(H,28,33)(H2,25,26,29,30,31,32)/t15-/m1/s1. The Balaban J connectivity index is 1.25. The van der Waals surface area contributed by atoms with Gasteiger partial charge in [0.1, 0.15) is 17.3 Å². The molecule has 172 valence electrons. The molecule has 4 N–H and O–H groups in total. The fraction of sp³-hybridized carbons (Fsp3) is 0.217. The number of nitrogens with one attached hydrogen (secondary N) is 4. The predicted octanol–water partition coefficient (Wildman–Crippen LogP) is 3.28. The van der Waals surface area contributed by atoms with Gasteiger partial charge < -0.3 is 21.3 Å². The van der Waals surface area contributed by atoms with Gasteiger partial charge in [0.15, 0.2) is 5.82 Å². The molecule has 0 unspecified atom stereocenters. The Morgan fingerprint density at radius 3 is 2.74 bits per heavy atom. The summed E-state index contributed by atoms with van der Waals surface area (Å²) in [6, 6.07) is 11.2. The first-order valence-electron chi connectivity index (χ1n) is 10.9. The molecule has 4 aromatic rings. The van der Waals surface area contributed by atoms with E-state index in [4.69, 9.17) is 0 Å². The maximum atomic E-state index is 12.5. The van der Waals surface area contributed by atoms with Crippen molar-refractivity contribution in [1.29, 1.82) is 0 Å². The number of nitrogens with zero attached hydrogens (tertiary/aromatic N) is 5. The summed E-state index contributed by atoms with van der Waals surface area (Å²) < 4.78 is 0. The van der Waals surface area contributed by atoms with Gasteiger partial charge in [-0.2, -0.15) is 4.98 Å². The van der Waals surface area contributed by atoms with E-state index in [-0.39, 0.29) is 11.9 Å². The first kappa shape index (κ1) is 21.9. The molecular weight excluding hydrogens is 450 g/mol. The molecule has 1 aliphatic rings. The second kappa shape index (κ2) is 9.89. The van der Waals surface area contributed by atoms with E-state index >= 15 is 0 Å². The molecule has 1 atom stereocenters. The summed E-state index contributed by atoms with van der Waals surface area (Å²) >= 11 is 1.38. The number of anilines is 4. The average molecular weight is 474 g/mol. The van der Waals surface area contributed by atoms with Crippen LogP contribution in [0.25, 0.3) is 11.5 Å². The number of carbonyl (C=O) groups is 1. The van der Waals surface area contributed by atoms with Gasteiger partial charge >= 0.3 is 0 Å². The van der Waals surface area contributed by atoms with Crippen LogP contribution in [-0.4, -0.2) is 50.0 Å². The third-order valence-electron chi connectivity index (χ3n) is 5.16. The molecule has 5 heterocycles. The molecule has 0 aromatic carbocycles. The van der Waals surface area contributed by atoms with Crippen LogP contribution in [0.15, 0.2) is 54.2 Å². The summed E-state index contributed by atoms with van der Waals surface area (Å²) in [5.74, 6) is 2.03. The number of rotatable bonds is 7. The number of aryl methyl sites for hydroxylation is 1. The van der Waals surface area contributed by atoms with Gasteiger partial charge in [0.25, 0.3) is 5.91 Å². The summed E-state index contributed by atoms with van der Waals surface area (Å²) in [5.41, 5.74) is 2.36. The molecule has 1 fully saturated rings. The lowest BCUT2D eigenvalue weighted by Gasteiger charge is -2.09. The molecular formula is C23H23N9OS. The summed E-state index contributed by atoms with van der Waals surface area (Å²) in [7, 11) is 0. The van der Waals surface area contributed by atoms with Crippen molar-refractivity contribution in [2.45, 2.75) is 19.4 Å². The molecule has 10 nitrogen and oxygen atoms in total. The maximum Gasteiger partial charge on any atom is 0.261 e. The van der Waals surface area contributed by atoms with Crippen molar-refractivity contribution in [1.82, 2.24) is 35.6 Å². The summed E-state index contributed by atoms with van der Waals surface area (Å²) in [4.78, 5) is 35.2. The maximum absolute atomic E-state index is 12.5. The molecule has 0 spiro atoms. The molecule has 4 aromatic heterocycles. The molecule has 1 saturated heterocycles. The smallest absolute Gasteiger partial charge is 0.261 e. The highest BCUT2D eigenvalue weighted by Gasteiger charge is 2.18. The van der Waals surface area contributed by atoms with Crippen LogP contribution in [0.1, 0.15) is 21.8 Å². The Kier molecular flexibility index (Phi) is 6.36. The molecule has 5 rings (SSSR count). The van der Waals surface area contributed by atoms with Crippen LogP contribution in [0.3, 0.4) is 0 Å². The van der Waals surface area contributed by atoms with Gasteiger partial charge in [0.2, 0.25) is 5.95 Å². The molecule has 11 heteroatoms. The Morgan fingerprint density at radius 2 is 1.91 bits per heavy atom. The van der Waals surface area contributed by atoms with Gasteiger partial charge in [-0.05, 0) is 50.2 Å². The first-order chi connectivity index (χ1) is 16.6. The number of hydrogen-bond donors (Lipinski definition) is 4. The quantitative estimate of drug-likeness (QED) is 0.319. The Labute approximate surface area is 200 Å². The SMILES string of the molecule is Cc1cccc(-c2nccc(Nc3ccnc(Nc4csc(C(=O)N[C@@H]5CCNC5)c4)n3)n2)n1. The van der Waals surface area contributed by atoms with Crippen LogP contribution in [0.2, 0.25) is 0 Å². The third kappa shape index (κ3) is 5.33. The fourth-order valence-electron chi connectivity index (χ4n) is 3.52. The van der Waals surface area contributed by atoms with Crippen LogP contribution < -0.4 is 21.3 Å². The van der Waals surface area contributed by atoms with Crippen molar-refractivity contribution in [3.05, 3.63) is 64.7 Å². The van der Waals surface area contributed by atoms with E-state index < -0.39 is 0 Å². The van der Waals surface area contributed by atoms with Gasteiger partial charge in [-0.25, -0.2) is 19.9 Å². The Morgan fingerprint density at radius 1 is 1.06 bits per heavy atom. The van der Waals surface area contributed by atoms with E-state index in [1.54, 1.807) is 30.6 Å². The number of hydrogen-bond acceptors (Lipinski definition) is 10. The van der Waals surface area contributed by atoms with Crippen molar-refractivity contribution < 1.29 is 4.79 Å². The van der Waals surface area contributed by atoms with Gasteiger partial charge in [-0.1, -0.05) is 6.07 Å². The van der Waals surface area contributed by atoms with Gasteiger partial charge in [-0.3, -0.25) is 4.79 Å². The lowest BCUT2D eigenvalue weighted by Crippen LogP contribution is -2.35. The second-order valence-electron chi connectivity index (χ2n) is 7.81. The van der Waals surface area contributed by atoms with Gasteiger partial charge in [-0.15, -0.1) is 11.3 Å². The van der Waals surface area contributed by atoms with E-state index in [2.05, 4.69) is 46.2 Å². The average Bonchev–Trinajstić information content (AvgIpc) is 3.52. The zero-order chi connectivity index (χ0) is 23.3.